The first kappa shape index (κ1) is 16.5. The summed E-state index contributed by atoms with van der Waals surface area (Å²) in [6, 6.07) is 1.22. The van der Waals surface area contributed by atoms with Gasteiger partial charge in [-0.15, -0.1) is 0 Å². The summed E-state index contributed by atoms with van der Waals surface area (Å²) in [6.45, 7) is 2.20. The van der Waals surface area contributed by atoms with Crippen LogP contribution in [0.3, 0.4) is 0 Å². The third-order valence-corrected chi connectivity index (χ3v) is 3.75. The fourth-order valence-corrected chi connectivity index (χ4v) is 2.74. The fraction of sp³-hybridized carbons (Fsp3) is 0.429. The van der Waals surface area contributed by atoms with Gasteiger partial charge in [0.25, 0.3) is 0 Å². The van der Waals surface area contributed by atoms with Crippen molar-refractivity contribution >= 4 is 29.3 Å². The Morgan fingerprint density at radius 2 is 2.05 bits per heavy atom. The van der Waals surface area contributed by atoms with Gasteiger partial charge in [0.15, 0.2) is 11.6 Å². The molecule has 2 unspecified atom stereocenters. The summed E-state index contributed by atoms with van der Waals surface area (Å²) in [5, 5.41) is 11.3. The second kappa shape index (κ2) is 6.48. The Hall–Kier alpha value is -1.89. The van der Waals surface area contributed by atoms with Crippen LogP contribution in [0, 0.1) is 23.5 Å². The zero-order valence-corrected chi connectivity index (χ0v) is 12.5. The number of carboxylic acid groups (broad SMARTS) is 1. The van der Waals surface area contributed by atoms with Gasteiger partial charge in [-0.1, -0.05) is 18.5 Å². The van der Waals surface area contributed by atoms with Crippen molar-refractivity contribution in [3.05, 3.63) is 28.8 Å². The number of aliphatic carboxylic acids is 1. The average Bonchev–Trinajstić information content (AvgIpc) is 2.43. The normalized spacial score (nSPS) is 21.5. The van der Waals surface area contributed by atoms with Gasteiger partial charge in [-0.05, 0) is 24.5 Å². The second-order valence-corrected chi connectivity index (χ2v) is 5.90. The Bertz CT molecular complexity index is 612. The number of anilines is 1. The molecule has 0 spiro atoms. The Morgan fingerprint density at radius 1 is 1.36 bits per heavy atom. The van der Waals surface area contributed by atoms with E-state index in [0.29, 0.717) is 13.0 Å². The van der Waals surface area contributed by atoms with E-state index in [9.17, 15) is 18.4 Å². The highest BCUT2D eigenvalue weighted by Gasteiger charge is 2.32. The van der Waals surface area contributed by atoms with Gasteiger partial charge in [-0.3, -0.25) is 4.79 Å². The van der Waals surface area contributed by atoms with Crippen LogP contribution in [0.1, 0.15) is 13.3 Å². The number of piperidine rings is 1. The van der Waals surface area contributed by atoms with E-state index >= 15 is 0 Å². The predicted molar refractivity (Wildman–Crippen MR) is 76.9 cm³/mol. The maximum absolute atomic E-state index is 13.6. The average molecular weight is 333 g/mol. The van der Waals surface area contributed by atoms with Crippen molar-refractivity contribution in [2.75, 3.05) is 18.4 Å². The zero-order chi connectivity index (χ0) is 16.4. The Kier molecular flexibility index (Phi) is 4.85. The van der Waals surface area contributed by atoms with E-state index in [-0.39, 0.29) is 23.2 Å². The Morgan fingerprint density at radius 3 is 2.68 bits per heavy atom. The van der Waals surface area contributed by atoms with Crippen LogP contribution in [0.5, 0.6) is 0 Å². The quantitative estimate of drug-likeness (QED) is 0.817. The summed E-state index contributed by atoms with van der Waals surface area (Å²) < 4.78 is 26.9. The van der Waals surface area contributed by atoms with Gasteiger partial charge in [0.1, 0.15) is 0 Å². The van der Waals surface area contributed by atoms with Crippen LogP contribution in [-0.4, -0.2) is 35.1 Å². The minimum absolute atomic E-state index is 0.00143. The number of hydrogen-bond donors (Lipinski definition) is 2. The third-order valence-electron chi connectivity index (χ3n) is 3.53. The lowest BCUT2D eigenvalue weighted by atomic mass is 9.91. The highest BCUT2D eigenvalue weighted by Crippen LogP contribution is 2.25. The molecule has 1 saturated heterocycles. The van der Waals surface area contributed by atoms with Gasteiger partial charge in [0.05, 0.1) is 11.6 Å². The molecule has 0 bridgehead atoms. The summed E-state index contributed by atoms with van der Waals surface area (Å²) in [5.74, 6) is -4.03. The molecule has 2 atom stereocenters. The van der Waals surface area contributed by atoms with Crippen LogP contribution in [0.4, 0.5) is 19.3 Å². The van der Waals surface area contributed by atoms with Crippen LogP contribution >= 0.6 is 11.6 Å². The van der Waals surface area contributed by atoms with Crippen LogP contribution in [0.15, 0.2) is 12.1 Å². The van der Waals surface area contributed by atoms with Gasteiger partial charge >= 0.3 is 12.0 Å². The number of amides is 2. The molecular formula is C14H15ClF2N2O3. The number of carbonyl (C=O) groups is 2. The maximum Gasteiger partial charge on any atom is 0.321 e. The number of urea groups is 1. The largest absolute Gasteiger partial charge is 0.481 e. The van der Waals surface area contributed by atoms with E-state index in [4.69, 9.17) is 16.7 Å². The third kappa shape index (κ3) is 3.65. The first-order chi connectivity index (χ1) is 10.3. The lowest BCUT2D eigenvalue weighted by Crippen LogP contribution is -2.47. The van der Waals surface area contributed by atoms with Crippen LogP contribution in [-0.2, 0) is 4.79 Å². The van der Waals surface area contributed by atoms with Crippen molar-refractivity contribution in [2.24, 2.45) is 11.8 Å². The summed E-state index contributed by atoms with van der Waals surface area (Å²) in [6.07, 6.45) is 0.471. The van der Waals surface area contributed by atoms with Crippen molar-refractivity contribution in [3.63, 3.8) is 0 Å². The minimum Gasteiger partial charge on any atom is -0.481 e. The molecule has 1 heterocycles. The number of likely N-dealkylation sites (tertiary alicyclic amines) is 1. The summed E-state index contributed by atoms with van der Waals surface area (Å²) in [4.78, 5) is 24.5. The second-order valence-electron chi connectivity index (χ2n) is 5.46. The van der Waals surface area contributed by atoms with E-state index < -0.39 is 29.6 Å². The molecule has 0 aromatic heterocycles. The first-order valence-electron chi connectivity index (χ1n) is 6.71. The number of rotatable bonds is 2. The highest BCUT2D eigenvalue weighted by molar-refractivity contribution is 6.30. The number of carbonyl (C=O) groups excluding carboxylic acids is 1. The molecule has 8 heteroatoms. The van der Waals surface area contributed by atoms with Gasteiger partial charge < -0.3 is 15.3 Å². The standard InChI is InChI=1S/C14H15ClF2N2O3/c1-7-2-8(13(20)21)6-19(5-7)14(22)18-11-4-9(15)3-10(16)12(11)17/h3-4,7-8H,2,5-6H2,1H3,(H,18,22)(H,20,21). The monoisotopic (exact) mass is 332 g/mol. The zero-order valence-electron chi connectivity index (χ0n) is 11.8. The molecule has 5 nitrogen and oxygen atoms in total. The van der Waals surface area contributed by atoms with Crippen LogP contribution in [0.25, 0.3) is 0 Å². The van der Waals surface area contributed by atoms with E-state index in [2.05, 4.69) is 5.32 Å². The van der Waals surface area contributed by atoms with E-state index in [1.165, 1.54) is 4.90 Å². The molecular weight excluding hydrogens is 318 g/mol. The highest BCUT2D eigenvalue weighted by atomic mass is 35.5. The van der Waals surface area contributed by atoms with E-state index in [1.807, 2.05) is 6.92 Å². The van der Waals surface area contributed by atoms with Gasteiger partial charge in [0.2, 0.25) is 0 Å². The summed E-state index contributed by atoms with van der Waals surface area (Å²) in [5.41, 5.74) is -0.375. The molecule has 2 amide bonds. The smallest absolute Gasteiger partial charge is 0.321 e. The number of nitrogens with one attached hydrogen (secondary N) is 1. The van der Waals surface area contributed by atoms with Crippen molar-refractivity contribution in [1.82, 2.24) is 4.90 Å². The molecule has 0 aliphatic carbocycles. The molecule has 1 fully saturated rings. The lowest BCUT2D eigenvalue weighted by molar-refractivity contribution is -0.143. The predicted octanol–water partition coefficient (Wildman–Crippen LogP) is 3.19. The lowest BCUT2D eigenvalue weighted by Gasteiger charge is -2.34. The molecule has 2 rings (SSSR count). The summed E-state index contributed by atoms with van der Waals surface area (Å²) >= 11 is 5.63. The molecule has 0 saturated carbocycles. The number of hydrogen-bond acceptors (Lipinski definition) is 2. The molecule has 1 aliphatic heterocycles. The molecule has 1 aromatic rings. The van der Waals surface area contributed by atoms with Crippen molar-refractivity contribution < 1.29 is 23.5 Å². The van der Waals surface area contributed by atoms with Gasteiger partial charge in [-0.2, -0.15) is 0 Å². The van der Waals surface area contributed by atoms with Crippen molar-refractivity contribution in [3.8, 4) is 0 Å². The van der Waals surface area contributed by atoms with Gasteiger partial charge in [-0.25, -0.2) is 13.6 Å². The number of nitrogens with zero attached hydrogens (tertiary/aromatic N) is 1. The topological polar surface area (TPSA) is 69.6 Å². The fourth-order valence-electron chi connectivity index (χ4n) is 2.54. The Labute approximate surface area is 130 Å². The van der Waals surface area contributed by atoms with Crippen LogP contribution < -0.4 is 5.32 Å². The van der Waals surface area contributed by atoms with Gasteiger partial charge in [0, 0.05) is 18.1 Å². The van der Waals surface area contributed by atoms with Crippen molar-refractivity contribution in [1.29, 1.82) is 0 Å². The molecule has 22 heavy (non-hydrogen) atoms. The maximum atomic E-state index is 13.6. The molecule has 1 aromatic carbocycles. The summed E-state index contributed by atoms with van der Waals surface area (Å²) in [7, 11) is 0. The molecule has 2 N–H and O–H groups in total. The number of benzene rings is 1. The Balaban J connectivity index is 2.13. The molecule has 1 aliphatic rings. The number of halogens is 3. The molecule has 0 radical (unpaired) electrons. The molecule has 120 valence electrons. The SMILES string of the molecule is CC1CC(C(=O)O)CN(C(=O)Nc2cc(Cl)cc(F)c2F)C1. The van der Waals surface area contributed by atoms with E-state index in [0.717, 1.165) is 12.1 Å². The minimum atomic E-state index is -1.21. The number of carboxylic acids is 1. The first-order valence-corrected chi connectivity index (χ1v) is 7.09. The van der Waals surface area contributed by atoms with Crippen LogP contribution in [0.2, 0.25) is 5.02 Å². The van der Waals surface area contributed by atoms with E-state index in [1.54, 1.807) is 0 Å². The van der Waals surface area contributed by atoms with Crippen molar-refractivity contribution in [2.45, 2.75) is 13.3 Å².